The summed E-state index contributed by atoms with van der Waals surface area (Å²) in [4.78, 5) is 12.4. The number of carbonyl (C=O) groups is 1. The number of fused-ring (bicyclic) bond motifs is 3. The largest absolute Gasteiger partial charge is 0.459 e. The van der Waals surface area contributed by atoms with Gasteiger partial charge in [0.1, 0.15) is 11.3 Å². The van der Waals surface area contributed by atoms with Crippen LogP contribution in [-0.4, -0.2) is 14.2 Å². The Balaban J connectivity index is 1.79. The summed E-state index contributed by atoms with van der Waals surface area (Å²) in [5.41, 5.74) is 1.46. The highest BCUT2D eigenvalue weighted by Gasteiger charge is 2.26. The van der Waals surface area contributed by atoms with Crippen LogP contribution in [0.2, 0.25) is 5.02 Å². The van der Waals surface area contributed by atoms with Crippen molar-refractivity contribution in [1.82, 2.24) is 0 Å². The van der Waals surface area contributed by atoms with Gasteiger partial charge in [0.25, 0.3) is 10.0 Å². The third kappa shape index (κ3) is 3.04. The molecule has 0 aliphatic heterocycles. The van der Waals surface area contributed by atoms with Crippen LogP contribution in [0, 0.1) is 0 Å². The van der Waals surface area contributed by atoms with Crippen molar-refractivity contribution in [2.24, 2.45) is 0 Å². The maximum atomic E-state index is 12.6. The molecule has 1 N–H and O–H groups in total. The molecule has 0 fully saturated rings. The number of furan rings is 1. The normalized spacial score (nSPS) is 14.5. The molecule has 1 aliphatic rings. The second-order valence-corrected chi connectivity index (χ2v) is 9.04. The van der Waals surface area contributed by atoms with Crippen molar-refractivity contribution < 1.29 is 17.6 Å². The predicted molar refractivity (Wildman–Crippen MR) is 103 cm³/mol. The summed E-state index contributed by atoms with van der Waals surface area (Å²) in [5.74, 6) is 0.685. The molecule has 4 rings (SSSR count). The number of aryl methyl sites for hydroxylation is 1. The fourth-order valence-electron chi connectivity index (χ4n) is 3.11. The molecule has 0 spiro atoms. The number of nitrogens with one attached hydrogen (secondary N) is 1. The Labute approximate surface area is 163 Å². The van der Waals surface area contributed by atoms with Gasteiger partial charge in [0.15, 0.2) is 5.78 Å². The monoisotopic (exact) mass is 453 g/mol. The quantitative estimate of drug-likeness (QED) is 0.592. The standard InChI is InChI=1S/C18H13BrClNO4S/c19-14-9-11(21-26(23,24)12-6-4-10(20)5-7-12)8-13-17-15(22)2-1-3-16(17)25-18(13)14/h4-9,21H,1-3H2. The Bertz CT molecular complexity index is 1140. The lowest BCUT2D eigenvalue weighted by Crippen LogP contribution is -2.13. The molecule has 8 heteroatoms. The van der Waals surface area contributed by atoms with E-state index < -0.39 is 10.0 Å². The summed E-state index contributed by atoms with van der Waals surface area (Å²) >= 11 is 9.22. The fraction of sp³-hybridized carbons (Fsp3) is 0.167. The van der Waals surface area contributed by atoms with E-state index in [-0.39, 0.29) is 10.7 Å². The van der Waals surface area contributed by atoms with E-state index in [1.54, 1.807) is 12.1 Å². The molecule has 2 aromatic carbocycles. The summed E-state index contributed by atoms with van der Waals surface area (Å²) in [6.07, 6.45) is 1.94. The van der Waals surface area contributed by atoms with Crippen molar-refractivity contribution in [3.8, 4) is 0 Å². The molecular weight excluding hydrogens is 442 g/mol. The molecule has 3 aromatic rings. The summed E-state index contributed by atoms with van der Waals surface area (Å²) in [6.45, 7) is 0. The van der Waals surface area contributed by atoms with Crippen LogP contribution in [0.3, 0.4) is 0 Å². The number of hydrogen-bond acceptors (Lipinski definition) is 4. The molecule has 5 nitrogen and oxygen atoms in total. The third-order valence-electron chi connectivity index (χ3n) is 4.28. The lowest BCUT2D eigenvalue weighted by molar-refractivity contribution is 0.0971. The van der Waals surface area contributed by atoms with Gasteiger partial charge in [0, 0.05) is 23.3 Å². The van der Waals surface area contributed by atoms with Crippen molar-refractivity contribution in [3.63, 3.8) is 0 Å². The molecule has 0 amide bonds. The van der Waals surface area contributed by atoms with Crippen molar-refractivity contribution in [2.75, 3.05) is 4.72 Å². The van der Waals surface area contributed by atoms with E-state index in [1.807, 2.05) is 0 Å². The highest BCUT2D eigenvalue weighted by atomic mass is 79.9. The Kier molecular flexibility index (Phi) is 4.33. The van der Waals surface area contributed by atoms with E-state index in [0.717, 1.165) is 6.42 Å². The molecule has 0 radical (unpaired) electrons. The van der Waals surface area contributed by atoms with Crippen molar-refractivity contribution in [3.05, 3.63) is 57.2 Å². The number of anilines is 1. The Morgan fingerprint density at radius 2 is 1.85 bits per heavy atom. The van der Waals surface area contributed by atoms with Crippen molar-refractivity contribution in [1.29, 1.82) is 0 Å². The van der Waals surface area contributed by atoms with Crippen LogP contribution >= 0.6 is 27.5 Å². The molecule has 0 saturated heterocycles. The minimum atomic E-state index is -3.78. The van der Waals surface area contributed by atoms with Gasteiger partial charge in [-0.1, -0.05) is 11.6 Å². The number of ketones is 1. The topological polar surface area (TPSA) is 76.4 Å². The van der Waals surface area contributed by atoms with E-state index in [2.05, 4.69) is 20.7 Å². The SMILES string of the molecule is O=C1CCCc2oc3c(Br)cc(NS(=O)(=O)c4ccc(Cl)cc4)cc3c21. The zero-order valence-electron chi connectivity index (χ0n) is 13.4. The van der Waals surface area contributed by atoms with Crippen LogP contribution < -0.4 is 4.72 Å². The molecular formula is C18H13BrClNO4S. The molecule has 1 heterocycles. The number of Topliss-reactive ketones (excluding diaryl/α,β-unsaturated/α-hetero) is 1. The Hall–Kier alpha value is -1.83. The molecule has 134 valence electrons. The Morgan fingerprint density at radius 3 is 2.58 bits per heavy atom. The van der Waals surface area contributed by atoms with Crippen LogP contribution in [-0.2, 0) is 16.4 Å². The average molecular weight is 455 g/mol. The molecule has 0 bridgehead atoms. The molecule has 26 heavy (non-hydrogen) atoms. The lowest BCUT2D eigenvalue weighted by atomic mass is 9.94. The van der Waals surface area contributed by atoms with Crippen molar-refractivity contribution in [2.45, 2.75) is 24.2 Å². The number of halogens is 2. The van der Waals surface area contributed by atoms with Crippen LogP contribution in [0.1, 0.15) is 29.0 Å². The van der Waals surface area contributed by atoms with Gasteiger partial charge in [-0.2, -0.15) is 0 Å². The summed E-state index contributed by atoms with van der Waals surface area (Å²) in [6, 6.07) is 9.15. The van der Waals surface area contributed by atoms with Gasteiger partial charge in [-0.3, -0.25) is 9.52 Å². The first-order chi connectivity index (χ1) is 12.3. The minimum Gasteiger partial charge on any atom is -0.459 e. The maximum absolute atomic E-state index is 12.6. The number of benzene rings is 2. The first kappa shape index (κ1) is 17.6. The molecule has 0 unspecified atom stereocenters. The zero-order valence-corrected chi connectivity index (χ0v) is 16.5. The third-order valence-corrected chi connectivity index (χ3v) is 6.52. The van der Waals surface area contributed by atoms with E-state index in [0.29, 0.717) is 50.3 Å². The van der Waals surface area contributed by atoms with Crippen LogP contribution in [0.5, 0.6) is 0 Å². The minimum absolute atomic E-state index is 0.0228. The van der Waals surface area contributed by atoms with E-state index >= 15 is 0 Å². The van der Waals surface area contributed by atoms with Gasteiger partial charge in [0.2, 0.25) is 0 Å². The second-order valence-electron chi connectivity index (χ2n) is 6.07. The number of sulfonamides is 1. The van der Waals surface area contributed by atoms with Crippen LogP contribution in [0.15, 0.2) is 50.2 Å². The van der Waals surface area contributed by atoms with Gasteiger partial charge < -0.3 is 4.42 Å². The predicted octanol–water partition coefficient (Wildman–Crippen LogP) is 5.17. The first-order valence-corrected chi connectivity index (χ1v) is 10.6. The van der Waals surface area contributed by atoms with Gasteiger partial charge in [-0.05, 0) is 58.7 Å². The number of carbonyl (C=O) groups excluding carboxylic acids is 1. The molecule has 0 saturated carbocycles. The van der Waals surface area contributed by atoms with E-state index in [9.17, 15) is 13.2 Å². The zero-order chi connectivity index (χ0) is 18.5. The highest BCUT2D eigenvalue weighted by Crippen LogP contribution is 2.38. The second kappa shape index (κ2) is 6.40. The Morgan fingerprint density at radius 1 is 1.12 bits per heavy atom. The van der Waals surface area contributed by atoms with Gasteiger partial charge in [-0.15, -0.1) is 0 Å². The number of hydrogen-bond donors (Lipinski definition) is 1. The van der Waals surface area contributed by atoms with Gasteiger partial charge in [0.05, 0.1) is 20.6 Å². The summed E-state index contributed by atoms with van der Waals surface area (Å²) in [7, 11) is -3.78. The molecule has 0 atom stereocenters. The number of rotatable bonds is 3. The van der Waals surface area contributed by atoms with Gasteiger partial charge in [-0.25, -0.2) is 8.42 Å². The highest BCUT2D eigenvalue weighted by molar-refractivity contribution is 9.10. The molecule has 1 aromatic heterocycles. The van der Waals surface area contributed by atoms with E-state index in [1.165, 1.54) is 24.3 Å². The van der Waals surface area contributed by atoms with Gasteiger partial charge >= 0.3 is 0 Å². The smallest absolute Gasteiger partial charge is 0.261 e. The average Bonchev–Trinajstić information content (AvgIpc) is 2.95. The fourth-order valence-corrected chi connectivity index (χ4v) is 4.82. The molecule has 1 aliphatic carbocycles. The maximum Gasteiger partial charge on any atom is 0.261 e. The summed E-state index contributed by atoms with van der Waals surface area (Å²) < 4.78 is 34.1. The van der Waals surface area contributed by atoms with Crippen LogP contribution in [0.4, 0.5) is 5.69 Å². The lowest BCUT2D eigenvalue weighted by Gasteiger charge is -2.10. The van der Waals surface area contributed by atoms with Crippen molar-refractivity contribution >= 4 is 60.0 Å². The van der Waals surface area contributed by atoms with Crippen LogP contribution in [0.25, 0.3) is 11.0 Å². The summed E-state index contributed by atoms with van der Waals surface area (Å²) in [5, 5.41) is 1.07. The van der Waals surface area contributed by atoms with E-state index in [4.69, 9.17) is 16.0 Å². The first-order valence-electron chi connectivity index (χ1n) is 7.92.